The molecule has 5 heteroatoms. The van der Waals surface area contributed by atoms with Gasteiger partial charge in [-0.05, 0) is 18.6 Å². The van der Waals surface area contributed by atoms with E-state index in [-0.39, 0.29) is 0 Å². The average Bonchev–Trinajstić information content (AvgIpc) is 2.47. The Labute approximate surface area is 114 Å². The van der Waals surface area contributed by atoms with Crippen LogP contribution in [0.4, 0.5) is 5.69 Å². The molecule has 0 unspecified atom stereocenters. The number of anilines is 1. The number of hydrogen-bond donors (Lipinski definition) is 1. The molecule has 0 amide bonds. The number of aromatic nitrogens is 1. The second-order valence-electron chi connectivity index (χ2n) is 4.25. The molecule has 1 rings (SSSR count). The summed E-state index contributed by atoms with van der Waals surface area (Å²) in [4.78, 5) is 6.33. The minimum absolute atomic E-state index is 0.461. The van der Waals surface area contributed by atoms with Crippen molar-refractivity contribution < 1.29 is 9.84 Å². The summed E-state index contributed by atoms with van der Waals surface area (Å²) in [5.74, 6) is 0. The van der Waals surface area contributed by atoms with Crippen molar-refractivity contribution in [1.29, 1.82) is 5.26 Å². The molecule has 0 aliphatic carbocycles. The lowest BCUT2D eigenvalue weighted by Crippen LogP contribution is -2.28. The summed E-state index contributed by atoms with van der Waals surface area (Å²) in [5.41, 5.74) is 1.62. The Morgan fingerprint density at radius 1 is 1.47 bits per heavy atom. The van der Waals surface area contributed by atoms with Crippen LogP contribution in [0.15, 0.2) is 18.3 Å². The number of rotatable bonds is 8. The van der Waals surface area contributed by atoms with Gasteiger partial charge >= 0.3 is 0 Å². The minimum Gasteiger partial charge on any atom is -0.387 e. The maximum atomic E-state index is 9.70. The average molecular weight is 263 g/mol. The van der Waals surface area contributed by atoms with Crippen LogP contribution in [0.3, 0.4) is 0 Å². The molecule has 5 nitrogen and oxygen atoms in total. The number of aliphatic hydroxyl groups excluding tert-OH is 1. The Bertz CT molecular complexity index is 400. The monoisotopic (exact) mass is 263 g/mol. The van der Waals surface area contributed by atoms with E-state index in [9.17, 15) is 5.11 Å². The fourth-order valence-electron chi connectivity index (χ4n) is 1.75. The number of pyridine rings is 1. The van der Waals surface area contributed by atoms with Gasteiger partial charge in [0, 0.05) is 20.2 Å². The first-order chi connectivity index (χ1) is 9.22. The summed E-state index contributed by atoms with van der Waals surface area (Å²) in [7, 11) is 1.65. The molecule has 0 aliphatic heterocycles. The van der Waals surface area contributed by atoms with E-state index < -0.39 is 6.10 Å². The predicted octanol–water partition coefficient (Wildman–Crippen LogP) is 1.89. The zero-order chi connectivity index (χ0) is 14.1. The first-order valence-electron chi connectivity index (χ1n) is 6.47. The van der Waals surface area contributed by atoms with E-state index in [2.05, 4.69) is 16.0 Å². The minimum atomic E-state index is -0.513. The lowest BCUT2D eigenvalue weighted by atomic mass is 10.2. The van der Waals surface area contributed by atoms with Crippen LogP contribution >= 0.6 is 0 Å². The van der Waals surface area contributed by atoms with E-state index in [1.165, 1.54) is 0 Å². The van der Waals surface area contributed by atoms with Gasteiger partial charge in [-0.15, -0.1) is 0 Å². The Kier molecular flexibility index (Phi) is 6.86. The SMILES string of the molecule is CC[C@H](O)c1ccc(N(CCC#N)CCOC)cn1. The number of ether oxygens (including phenoxy) is 1. The van der Waals surface area contributed by atoms with Crippen LogP contribution in [-0.2, 0) is 4.74 Å². The van der Waals surface area contributed by atoms with Gasteiger partial charge in [0.25, 0.3) is 0 Å². The Morgan fingerprint density at radius 3 is 2.79 bits per heavy atom. The fourth-order valence-corrected chi connectivity index (χ4v) is 1.75. The summed E-state index contributed by atoms with van der Waals surface area (Å²) >= 11 is 0. The standard InChI is InChI=1S/C14H21N3O2/c1-3-14(18)13-6-5-12(11-16-13)17(8-4-7-15)9-10-19-2/h5-6,11,14,18H,3-4,8-10H2,1-2H3/t14-/m0/s1. The molecule has 0 radical (unpaired) electrons. The second-order valence-corrected chi connectivity index (χ2v) is 4.25. The van der Waals surface area contributed by atoms with E-state index in [1.54, 1.807) is 13.3 Å². The number of nitriles is 1. The molecule has 0 bridgehead atoms. The van der Waals surface area contributed by atoms with Crippen molar-refractivity contribution in [2.24, 2.45) is 0 Å². The third-order valence-electron chi connectivity index (χ3n) is 2.92. The molecule has 1 aromatic heterocycles. The molecule has 104 valence electrons. The van der Waals surface area contributed by atoms with Crippen molar-refractivity contribution in [3.05, 3.63) is 24.0 Å². The summed E-state index contributed by atoms with van der Waals surface area (Å²) in [6, 6.07) is 5.89. The van der Waals surface area contributed by atoms with Crippen LogP contribution in [0.5, 0.6) is 0 Å². The Balaban J connectivity index is 2.75. The molecule has 0 saturated carbocycles. The van der Waals surface area contributed by atoms with Crippen molar-refractivity contribution in [3.8, 4) is 6.07 Å². The molecule has 1 atom stereocenters. The van der Waals surface area contributed by atoms with Gasteiger partial charge in [0.1, 0.15) is 0 Å². The molecule has 0 fully saturated rings. The molecule has 0 saturated heterocycles. The van der Waals surface area contributed by atoms with Gasteiger partial charge in [-0.2, -0.15) is 5.26 Å². The van der Waals surface area contributed by atoms with E-state index in [4.69, 9.17) is 10.00 Å². The van der Waals surface area contributed by atoms with Crippen LogP contribution < -0.4 is 4.90 Å². The van der Waals surface area contributed by atoms with Gasteiger partial charge in [0.05, 0.1) is 42.8 Å². The van der Waals surface area contributed by atoms with E-state index in [0.717, 1.165) is 12.2 Å². The maximum Gasteiger partial charge on any atom is 0.0957 e. The molecular formula is C14H21N3O2. The highest BCUT2D eigenvalue weighted by molar-refractivity contribution is 5.44. The highest BCUT2D eigenvalue weighted by atomic mass is 16.5. The van der Waals surface area contributed by atoms with Crippen molar-refractivity contribution in [1.82, 2.24) is 4.98 Å². The Morgan fingerprint density at radius 2 is 2.26 bits per heavy atom. The topological polar surface area (TPSA) is 69.4 Å². The van der Waals surface area contributed by atoms with Crippen LogP contribution in [0.2, 0.25) is 0 Å². The molecule has 1 N–H and O–H groups in total. The van der Waals surface area contributed by atoms with Crippen molar-refractivity contribution in [2.45, 2.75) is 25.9 Å². The highest BCUT2D eigenvalue weighted by Gasteiger charge is 2.09. The number of aliphatic hydroxyl groups is 1. The molecule has 19 heavy (non-hydrogen) atoms. The van der Waals surface area contributed by atoms with Crippen molar-refractivity contribution >= 4 is 5.69 Å². The largest absolute Gasteiger partial charge is 0.387 e. The first kappa shape index (κ1) is 15.4. The second kappa shape index (κ2) is 8.46. The van der Waals surface area contributed by atoms with E-state index in [0.29, 0.717) is 31.7 Å². The number of hydrogen-bond acceptors (Lipinski definition) is 5. The van der Waals surface area contributed by atoms with Crippen LogP contribution in [0.1, 0.15) is 31.6 Å². The third-order valence-corrected chi connectivity index (χ3v) is 2.92. The van der Waals surface area contributed by atoms with Crippen LogP contribution in [-0.4, -0.2) is 36.9 Å². The van der Waals surface area contributed by atoms with Gasteiger partial charge in [-0.25, -0.2) is 0 Å². The molecular weight excluding hydrogens is 242 g/mol. The zero-order valence-electron chi connectivity index (χ0n) is 11.5. The number of nitrogens with zero attached hydrogens (tertiary/aromatic N) is 3. The van der Waals surface area contributed by atoms with E-state index in [1.807, 2.05) is 19.1 Å². The molecule has 1 aromatic rings. The quantitative estimate of drug-likeness (QED) is 0.775. The fraction of sp³-hybridized carbons (Fsp3) is 0.571. The van der Waals surface area contributed by atoms with Gasteiger partial charge < -0.3 is 14.7 Å². The first-order valence-corrected chi connectivity index (χ1v) is 6.47. The number of methoxy groups -OCH3 is 1. The van der Waals surface area contributed by atoms with Gasteiger partial charge in [0.2, 0.25) is 0 Å². The molecule has 0 aliphatic rings. The highest BCUT2D eigenvalue weighted by Crippen LogP contribution is 2.18. The summed E-state index contributed by atoms with van der Waals surface area (Å²) in [6.07, 6.45) is 2.33. The summed E-state index contributed by atoms with van der Waals surface area (Å²) in [5, 5.41) is 18.4. The third kappa shape index (κ3) is 4.86. The van der Waals surface area contributed by atoms with Gasteiger partial charge in [-0.3, -0.25) is 4.98 Å². The molecule has 0 aromatic carbocycles. The van der Waals surface area contributed by atoms with Crippen LogP contribution in [0, 0.1) is 11.3 Å². The Hall–Kier alpha value is -1.64. The van der Waals surface area contributed by atoms with E-state index >= 15 is 0 Å². The molecule has 1 heterocycles. The lowest BCUT2D eigenvalue weighted by Gasteiger charge is -2.23. The van der Waals surface area contributed by atoms with Crippen molar-refractivity contribution in [2.75, 3.05) is 31.7 Å². The van der Waals surface area contributed by atoms with Crippen molar-refractivity contribution in [3.63, 3.8) is 0 Å². The lowest BCUT2D eigenvalue weighted by molar-refractivity contribution is 0.169. The molecule has 0 spiro atoms. The maximum absolute atomic E-state index is 9.70. The summed E-state index contributed by atoms with van der Waals surface area (Å²) in [6.45, 7) is 3.88. The van der Waals surface area contributed by atoms with Crippen LogP contribution in [0.25, 0.3) is 0 Å². The predicted molar refractivity (Wildman–Crippen MR) is 73.8 cm³/mol. The van der Waals surface area contributed by atoms with Gasteiger partial charge in [0.15, 0.2) is 0 Å². The summed E-state index contributed by atoms with van der Waals surface area (Å²) < 4.78 is 5.07. The normalized spacial score (nSPS) is 11.9. The van der Waals surface area contributed by atoms with Gasteiger partial charge in [-0.1, -0.05) is 6.92 Å². The zero-order valence-corrected chi connectivity index (χ0v) is 11.5. The smallest absolute Gasteiger partial charge is 0.0957 e.